The van der Waals surface area contributed by atoms with Gasteiger partial charge in [0.2, 0.25) is 5.91 Å². The molecular weight excluding hydrogens is 244 g/mol. The first-order valence-corrected chi connectivity index (χ1v) is 6.17. The van der Waals surface area contributed by atoms with Gasteiger partial charge in [0.25, 0.3) is 0 Å². The zero-order chi connectivity index (χ0) is 13.8. The molecule has 0 aliphatic rings. The van der Waals surface area contributed by atoms with Crippen LogP contribution in [-0.4, -0.2) is 16.7 Å². The predicted molar refractivity (Wildman–Crippen MR) is 70.5 cm³/mol. The molecule has 0 unspecified atom stereocenters. The van der Waals surface area contributed by atoms with Crippen LogP contribution in [0.15, 0.2) is 22.6 Å². The first-order chi connectivity index (χ1) is 9.04. The summed E-state index contributed by atoms with van der Waals surface area (Å²) in [5.41, 5.74) is 2.48. The topological polar surface area (TPSA) is 72.2 Å². The van der Waals surface area contributed by atoms with Crippen molar-refractivity contribution in [3.63, 3.8) is 0 Å². The third-order valence-corrected chi connectivity index (χ3v) is 2.75. The molecule has 1 amide bonds. The Hall–Kier alpha value is -2.17. The molecule has 1 aromatic carbocycles. The molecule has 2 rings (SSSR count). The lowest BCUT2D eigenvalue weighted by Gasteiger charge is -2.04. The molecule has 0 aliphatic carbocycles. The quantitative estimate of drug-likeness (QED) is 0.893. The van der Waals surface area contributed by atoms with Crippen LogP contribution in [-0.2, 0) is 16.1 Å². The van der Waals surface area contributed by atoms with Gasteiger partial charge in [0.05, 0.1) is 0 Å². The van der Waals surface area contributed by atoms with Crippen molar-refractivity contribution in [3.8, 4) is 0 Å². The molecule has 0 aliphatic heterocycles. The number of rotatable bonds is 5. The van der Waals surface area contributed by atoms with E-state index in [2.05, 4.69) is 10.3 Å². The molecule has 100 valence electrons. The van der Waals surface area contributed by atoms with Crippen LogP contribution in [0.2, 0.25) is 0 Å². The molecule has 0 saturated heterocycles. The molecule has 1 N–H and O–H groups in total. The highest BCUT2D eigenvalue weighted by atomic mass is 16.3. The Morgan fingerprint density at radius 1 is 1.32 bits per heavy atom. The predicted octanol–water partition coefficient (Wildman–Crippen LogP) is 2.12. The number of hydrogen-bond donors (Lipinski definition) is 1. The van der Waals surface area contributed by atoms with Crippen molar-refractivity contribution < 1.29 is 14.0 Å². The zero-order valence-corrected chi connectivity index (χ0v) is 11.0. The van der Waals surface area contributed by atoms with Crippen molar-refractivity contribution in [2.45, 2.75) is 33.2 Å². The van der Waals surface area contributed by atoms with E-state index in [0.29, 0.717) is 12.4 Å². The second kappa shape index (κ2) is 5.65. The van der Waals surface area contributed by atoms with Gasteiger partial charge in [-0.25, -0.2) is 4.98 Å². The van der Waals surface area contributed by atoms with Gasteiger partial charge in [-0.1, -0.05) is 6.07 Å². The number of oxazole rings is 1. The van der Waals surface area contributed by atoms with Gasteiger partial charge in [0, 0.05) is 26.3 Å². The molecule has 2 aromatic rings. The molecule has 0 bridgehead atoms. The molecule has 5 heteroatoms. The minimum absolute atomic E-state index is 0.0228. The number of carbonyl (C=O) groups excluding carboxylic acids is 2. The van der Waals surface area contributed by atoms with E-state index in [1.807, 2.05) is 18.2 Å². The minimum Gasteiger partial charge on any atom is -0.441 e. The number of benzene rings is 1. The first-order valence-electron chi connectivity index (χ1n) is 6.17. The Bertz CT molecular complexity index is 616. The normalized spacial score (nSPS) is 10.6. The number of aromatic nitrogens is 1. The van der Waals surface area contributed by atoms with Crippen LogP contribution >= 0.6 is 0 Å². The maximum absolute atomic E-state index is 11.5. The molecule has 1 aromatic heterocycles. The van der Waals surface area contributed by atoms with Crippen LogP contribution in [0.25, 0.3) is 11.1 Å². The third kappa shape index (κ3) is 3.64. The summed E-state index contributed by atoms with van der Waals surface area (Å²) < 4.78 is 5.38. The standard InChI is InChI=1S/C14H16N2O3/c1-9(17)3-6-14(18)15-8-11-4-5-13-12(7-11)16-10(2)19-13/h4-5,7H,3,6,8H2,1-2H3,(H,15,18). The average molecular weight is 260 g/mol. The Labute approximate surface area is 111 Å². The fourth-order valence-electron chi connectivity index (χ4n) is 1.78. The number of hydrogen-bond acceptors (Lipinski definition) is 4. The van der Waals surface area contributed by atoms with Crippen molar-refractivity contribution >= 4 is 22.8 Å². The van der Waals surface area contributed by atoms with E-state index < -0.39 is 0 Å². The van der Waals surface area contributed by atoms with Crippen LogP contribution in [0.3, 0.4) is 0 Å². The van der Waals surface area contributed by atoms with Crippen molar-refractivity contribution in [2.24, 2.45) is 0 Å². The summed E-state index contributed by atoms with van der Waals surface area (Å²) in [6.45, 7) is 3.70. The second-order valence-electron chi connectivity index (χ2n) is 4.51. The summed E-state index contributed by atoms with van der Waals surface area (Å²) in [6.07, 6.45) is 0.522. The van der Waals surface area contributed by atoms with Crippen molar-refractivity contribution in [2.75, 3.05) is 0 Å². The van der Waals surface area contributed by atoms with E-state index in [1.165, 1.54) is 6.92 Å². The number of ketones is 1. The molecule has 0 fully saturated rings. The molecular formula is C14H16N2O3. The number of amides is 1. The van der Waals surface area contributed by atoms with E-state index in [1.54, 1.807) is 6.92 Å². The molecule has 0 saturated carbocycles. The highest BCUT2D eigenvalue weighted by molar-refractivity contribution is 5.83. The summed E-state index contributed by atoms with van der Waals surface area (Å²) in [7, 11) is 0. The van der Waals surface area contributed by atoms with E-state index in [0.717, 1.165) is 16.7 Å². The molecule has 0 radical (unpaired) electrons. The van der Waals surface area contributed by atoms with Crippen LogP contribution in [0.4, 0.5) is 0 Å². The number of fused-ring (bicyclic) bond motifs is 1. The summed E-state index contributed by atoms with van der Waals surface area (Å²) in [6, 6.07) is 5.61. The van der Waals surface area contributed by atoms with E-state index in [9.17, 15) is 9.59 Å². The Morgan fingerprint density at radius 2 is 2.11 bits per heavy atom. The summed E-state index contributed by atoms with van der Waals surface area (Å²) in [4.78, 5) is 26.5. The van der Waals surface area contributed by atoms with E-state index >= 15 is 0 Å². The lowest BCUT2D eigenvalue weighted by molar-refractivity contribution is -0.124. The SMILES string of the molecule is CC(=O)CCC(=O)NCc1ccc2oc(C)nc2c1. The smallest absolute Gasteiger partial charge is 0.220 e. The maximum Gasteiger partial charge on any atom is 0.220 e. The minimum atomic E-state index is -0.119. The lowest BCUT2D eigenvalue weighted by atomic mass is 10.2. The molecule has 5 nitrogen and oxygen atoms in total. The van der Waals surface area contributed by atoms with Gasteiger partial charge in [0.1, 0.15) is 11.3 Å². The van der Waals surface area contributed by atoms with Gasteiger partial charge >= 0.3 is 0 Å². The highest BCUT2D eigenvalue weighted by Gasteiger charge is 2.06. The highest BCUT2D eigenvalue weighted by Crippen LogP contribution is 2.16. The number of aryl methyl sites for hydroxylation is 1. The van der Waals surface area contributed by atoms with Crippen LogP contribution < -0.4 is 5.32 Å². The summed E-state index contributed by atoms with van der Waals surface area (Å²) in [5, 5.41) is 2.78. The number of nitrogens with zero attached hydrogens (tertiary/aromatic N) is 1. The monoisotopic (exact) mass is 260 g/mol. The van der Waals surface area contributed by atoms with Crippen molar-refractivity contribution in [1.82, 2.24) is 10.3 Å². The van der Waals surface area contributed by atoms with Crippen molar-refractivity contribution in [3.05, 3.63) is 29.7 Å². The summed E-state index contributed by atoms with van der Waals surface area (Å²) >= 11 is 0. The van der Waals surface area contributed by atoms with Gasteiger partial charge in [0.15, 0.2) is 11.5 Å². The van der Waals surface area contributed by atoms with Gasteiger partial charge < -0.3 is 14.5 Å². The van der Waals surface area contributed by atoms with Gasteiger partial charge in [-0.3, -0.25) is 4.79 Å². The molecule has 1 heterocycles. The lowest BCUT2D eigenvalue weighted by Crippen LogP contribution is -2.22. The van der Waals surface area contributed by atoms with E-state index in [4.69, 9.17) is 4.42 Å². The molecule has 19 heavy (non-hydrogen) atoms. The maximum atomic E-state index is 11.5. The van der Waals surface area contributed by atoms with Crippen LogP contribution in [0.5, 0.6) is 0 Å². The number of nitrogens with one attached hydrogen (secondary N) is 1. The van der Waals surface area contributed by atoms with Gasteiger partial charge in [-0.2, -0.15) is 0 Å². The Balaban J connectivity index is 1.94. The average Bonchev–Trinajstić information content (AvgIpc) is 2.73. The molecule has 0 atom stereocenters. The first kappa shape index (κ1) is 13.3. The fourth-order valence-corrected chi connectivity index (χ4v) is 1.78. The largest absolute Gasteiger partial charge is 0.441 e. The van der Waals surface area contributed by atoms with Crippen LogP contribution in [0.1, 0.15) is 31.2 Å². The van der Waals surface area contributed by atoms with Gasteiger partial charge in [-0.05, 0) is 24.6 Å². The third-order valence-electron chi connectivity index (χ3n) is 2.75. The second-order valence-corrected chi connectivity index (χ2v) is 4.51. The zero-order valence-electron chi connectivity index (χ0n) is 11.0. The fraction of sp³-hybridized carbons (Fsp3) is 0.357. The molecule has 0 spiro atoms. The Morgan fingerprint density at radius 3 is 2.84 bits per heavy atom. The Kier molecular flexibility index (Phi) is 3.94. The van der Waals surface area contributed by atoms with E-state index in [-0.39, 0.29) is 24.5 Å². The number of carbonyl (C=O) groups is 2. The van der Waals surface area contributed by atoms with Crippen molar-refractivity contribution in [1.29, 1.82) is 0 Å². The summed E-state index contributed by atoms with van der Waals surface area (Å²) in [5.74, 6) is 0.527. The van der Waals surface area contributed by atoms with Crippen LogP contribution in [0, 0.1) is 6.92 Å². The number of Topliss-reactive ketones (excluding diaryl/α,β-unsaturated/α-hetero) is 1. The van der Waals surface area contributed by atoms with Gasteiger partial charge in [-0.15, -0.1) is 0 Å².